The second-order valence-electron chi connectivity index (χ2n) is 5.69. The Morgan fingerprint density at radius 2 is 2.05 bits per heavy atom. The lowest BCUT2D eigenvalue weighted by molar-refractivity contribution is 0.0233. The van der Waals surface area contributed by atoms with Crippen molar-refractivity contribution >= 4 is 22.0 Å². The number of hydrogen-bond donors (Lipinski definition) is 1. The number of aromatic hydroxyl groups is 1. The number of rotatable bonds is 4. The fraction of sp³-hybridized carbons (Fsp3) is 0.533. The van der Waals surface area contributed by atoms with Crippen molar-refractivity contribution in [2.24, 2.45) is 0 Å². The molecule has 1 N–H and O–H groups in total. The van der Waals surface area contributed by atoms with Crippen LogP contribution in [0.4, 0.5) is 4.79 Å². The van der Waals surface area contributed by atoms with E-state index in [1.165, 1.54) is 0 Å². The van der Waals surface area contributed by atoms with Crippen LogP contribution in [0.1, 0.15) is 39.7 Å². The molecule has 0 fully saturated rings. The summed E-state index contributed by atoms with van der Waals surface area (Å²) in [4.78, 5) is 13.8. The van der Waals surface area contributed by atoms with Crippen molar-refractivity contribution in [3.63, 3.8) is 0 Å². The first-order valence-electron chi connectivity index (χ1n) is 6.68. The second-order valence-corrected chi connectivity index (χ2v) is 6.54. The summed E-state index contributed by atoms with van der Waals surface area (Å²) in [5, 5.41) is 9.49. The number of ether oxygens (including phenoxy) is 1. The maximum atomic E-state index is 12.1. The molecule has 0 aliphatic heterocycles. The first-order valence-corrected chi connectivity index (χ1v) is 7.47. The summed E-state index contributed by atoms with van der Waals surface area (Å²) in [6.45, 7) is 8.67. The summed E-state index contributed by atoms with van der Waals surface area (Å²) in [6, 6.07) is 5.22. The Morgan fingerprint density at radius 1 is 1.40 bits per heavy atom. The van der Waals surface area contributed by atoms with Crippen molar-refractivity contribution < 1.29 is 14.6 Å². The van der Waals surface area contributed by atoms with Gasteiger partial charge in [0.15, 0.2) is 0 Å². The molecule has 4 nitrogen and oxygen atoms in total. The van der Waals surface area contributed by atoms with E-state index in [2.05, 4.69) is 15.9 Å². The summed E-state index contributed by atoms with van der Waals surface area (Å²) in [6.07, 6.45) is 0.543. The van der Waals surface area contributed by atoms with Gasteiger partial charge >= 0.3 is 6.09 Å². The molecule has 5 heteroatoms. The molecule has 0 radical (unpaired) electrons. The minimum absolute atomic E-state index is 0.188. The third-order valence-corrected chi connectivity index (χ3v) is 3.17. The highest BCUT2D eigenvalue weighted by Gasteiger charge is 2.21. The van der Waals surface area contributed by atoms with Gasteiger partial charge in [-0.3, -0.25) is 0 Å². The first kappa shape index (κ1) is 16.8. The molecule has 0 bridgehead atoms. The van der Waals surface area contributed by atoms with Gasteiger partial charge in [0.2, 0.25) is 0 Å². The monoisotopic (exact) mass is 343 g/mol. The van der Waals surface area contributed by atoms with Crippen LogP contribution in [0.3, 0.4) is 0 Å². The quantitative estimate of drug-likeness (QED) is 0.886. The zero-order chi connectivity index (χ0) is 15.3. The fourth-order valence-corrected chi connectivity index (χ4v) is 2.13. The molecule has 1 rings (SSSR count). The third kappa shape index (κ3) is 5.41. The van der Waals surface area contributed by atoms with E-state index in [4.69, 9.17) is 4.74 Å². The largest absolute Gasteiger partial charge is 0.507 e. The summed E-state index contributed by atoms with van der Waals surface area (Å²) < 4.78 is 6.03. The highest BCUT2D eigenvalue weighted by Crippen LogP contribution is 2.25. The molecule has 0 spiro atoms. The highest BCUT2D eigenvalue weighted by molar-refractivity contribution is 9.10. The van der Waals surface area contributed by atoms with E-state index >= 15 is 0 Å². The van der Waals surface area contributed by atoms with Crippen molar-refractivity contribution in [3.05, 3.63) is 28.2 Å². The average Bonchev–Trinajstić information content (AvgIpc) is 2.31. The average molecular weight is 344 g/mol. The lowest BCUT2D eigenvalue weighted by Gasteiger charge is -2.27. The minimum atomic E-state index is -0.501. The number of nitrogens with zero attached hydrogens (tertiary/aromatic N) is 1. The van der Waals surface area contributed by atoms with E-state index in [9.17, 15) is 9.90 Å². The van der Waals surface area contributed by atoms with Crippen LogP contribution >= 0.6 is 15.9 Å². The standard InChI is InChI=1S/C15H22BrNO3/c1-5-8-17(14(19)20-15(2,3)4)10-11-6-7-13(18)12(16)9-11/h6-7,9,18H,5,8,10H2,1-4H3. The number of benzene rings is 1. The number of halogens is 1. The number of carbonyl (C=O) groups excluding carboxylic acids is 1. The van der Waals surface area contributed by atoms with Crippen molar-refractivity contribution in [1.29, 1.82) is 0 Å². The van der Waals surface area contributed by atoms with Crippen molar-refractivity contribution in [2.45, 2.75) is 46.3 Å². The molecule has 0 aliphatic carbocycles. The Hall–Kier alpha value is -1.23. The van der Waals surface area contributed by atoms with Crippen LogP contribution in [0.15, 0.2) is 22.7 Å². The van der Waals surface area contributed by atoms with Crippen LogP contribution in [0, 0.1) is 0 Å². The second kappa shape index (κ2) is 6.97. The Kier molecular flexibility index (Phi) is 5.87. The molecule has 0 saturated carbocycles. The number of amides is 1. The van der Waals surface area contributed by atoms with E-state index in [0.29, 0.717) is 17.6 Å². The van der Waals surface area contributed by atoms with Gasteiger partial charge in [0.05, 0.1) is 4.47 Å². The SMILES string of the molecule is CCCN(Cc1ccc(O)c(Br)c1)C(=O)OC(C)(C)C. The van der Waals surface area contributed by atoms with Crippen LogP contribution in [0.5, 0.6) is 5.75 Å². The van der Waals surface area contributed by atoms with Gasteiger partial charge in [-0.1, -0.05) is 13.0 Å². The zero-order valence-electron chi connectivity index (χ0n) is 12.4. The molecule has 0 aromatic heterocycles. The van der Waals surface area contributed by atoms with Gasteiger partial charge in [-0.25, -0.2) is 4.79 Å². The molecule has 0 heterocycles. The predicted octanol–water partition coefficient (Wildman–Crippen LogP) is 4.30. The van der Waals surface area contributed by atoms with Crippen LogP contribution in [0.2, 0.25) is 0 Å². The highest BCUT2D eigenvalue weighted by atomic mass is 79.9. The van der Waals surface area contributed by atoms with Gasteiger partial charge in [-0.05, 0) is 60.8 Å². The van der Waals surface area contributed by atoms with Crippen LogP contribution in [-0.4, -0.2) is 28.2 Å². The molecule has 20 heavy (non-hydrogen) atoms. The number of phenolic OH excluding ortho intramolecular Hbond substituents is 1. The maximum absolute atomic E-state index is 12.1. The first-order chi connectivity index (χ1) is 9.23. The normalized spacial score (nSPS) is 11.2. The van der Waals surface area contributed by atoms with Gasteiger partial charge < -0.3 is 14.7 Å². The Morgan fingerprint density at radius 3 is 2.55 bits per heavy atom. The van der Waals surface area contributed by atoms with Gasteiger partial charge in [0, 0.05) is 13.1 Å². The molecule has 0 aliphatic rings. The van der Waals surface area contributed by atoms with Gasteiger partial charge in [-0.2, -0.15) is 0 Å². The Bertz CT molecular complexity index is 469. The van der Waals surface area contributed by atoms with Gasteiger partial charge in [0.1, 0.15) is 11.4 Å². The molecule has 1 amide bonds. The van der Waals surface area contributed by atoms with Crippen LogP contribution in [-0.2, 0) is 11.3 Å². The van der Waals surface area contributed by atoms with Crippen LogP contribution in [0.25, 0.3) is 0 Å². The van der Waals surface area contributed by atoms with E-state index in [1.54, 1.807) is 17.0 Å². The third-order valence-electron chi connectivity index (χ3n) is 2.53. The predicted molar refractivity (Wildman–Crippen MR) is 82.7 cm³/mol. The van der Waals surface area contributed by atoms with E-state index in [1.807, 2.05) is 33.8 Å². The molecule has 112 valence electrons. The summed E-state index contributed by atoms with van der Waals surface area (Å²) in [5.74, 6) is 0.188. The van der Waals surface area contributed by atoms with Crippen molar-refractivity contribution in [2.75, 3.05) is 6.54 Å². The molecular weight excluding hydrogens is 322 g/mol. The van der Waals surface area contributed by atoms with Crippen molar-refractivity contribution in [3.8, 4) is 5.75 Å². The summed E-state index contributed by atoms with van der Waals surface area (Å²) >= 11 is 3.28. The molecule has 1 aromatic carbocycles. The zero-order valence-corrected chi connectivity index (χ0v) is 14.0. The molecule has 0 atom stereocenters. The Balaban J connectivity index is 2.80. The fourth-order valence-electron chi connectivity index (χ4n) is 1.70. The van der Waals surface area contributed by atoms with E-state index in [0.717, 1.165) is 12.0 Å². The van der Waals surface area contributed by atoms with E-state index in [-0.39, 0.29) is 11.8 Å². The van der Waals surface area contributed by atoms with Gasteiger partial charge in [0.25, 0.3) is 0 Å². The maximum Gasteiger partial charge on any atom is 0.410 e. The van der Waals surface area contributed by atoms with E-state index < -0.39 is 5.60 Å². The summed E-state index contributed by atoms with van der Waals surface area (Å²) in [7, 11) is 0. The van der Waals surface area contributed by atoms with Crippen molar-refractivity contribution in [1.82, 2.24) is 4.90 Å². The summed E-state index contributed by atoms with van der Waals surface area (Å²) in [5.41, 5.74) is 0.437. The molecule has 0 saturated heterocycles. The lowest BCUT2D eigenvalue weighted by Crippen LogP contribution is -2.36. The number of hydrogen-bond acceptors (Lipinski definition) is 3. The van der Waals surface area contributed by atoms with Crippen LogP contribution < -0.4 is 0 Å². The Labute approximate surface area is 128 Å². The number of phenols is 1. The molecular formula is C15H22BrNO3. The topological polar surface area (TPSA) is 49.8 Å². The minimum Gasteiger partial charge on any atom is -0.507 e. The number of carbonyl (C=O) groups is 1. The smallest absolute Gasteiger partial charge is 0.410 e. The van der Waals surface area contributed by atoms with Gasteiger partial charge in [-0.15, -0.1) is 0 Å². The molecule has 0 unspecified atom stereocenters. The molecule has 1 aromatic rings. The lowest BCUT2D eigenvalue weighted by atomic mass is 10.2.